The molecule has 0 unspecified atom stereocenters. The molecule has 1 N–H and O–H groups in total. The van der Waals surface area contributed by atoms with E-state index in [9.17, 15) is 27.9 Å². The van der Waals surface area contributed by atoms with Gasteiger partial charge in [0.05, 0.1) is 17.5 Å². The maximum absolute atomic E-state index is 13.5. The molecule has 1 saturated heterocycles. The van der Waals surface area contributed by atoms with Crippen molar-refractivity contribution in [1.82, 2.24) is 9.80 Å². The van der Waals surface area contributed by atoms with Gasteiger partial charge in [0.1, 0.15) is 17.5 Å². The van der Waals surface area contributed by atoms with Crippen LogP contribution in [0.15, 0.2) is 55.1 Å². The Bertz CT molecular complexity index is 1510. The van der Waals surface area contributed by atoms with Crippen molar-refractivity contribution in [3.8, 4) is 17.2 Å². The second-order valence-corrected chi connectivity index (χ2v) is 11.7. The van der Waals surface area contributed by atoms with E-state index < -0.39 is 35.5 Å². The van der Waals surface area contributed by atoms with Crippen LogP contribution in [0.25, 0.3) is 6.08 Å². The molecule has 6 rings (SSSR count). The molecule has 2 aliphatic carbocycles. The fourth-order valence-corrected chi connectivity index (χ4v) is 8.08. The average Bonchev–Trinajstić information content (AvgIpc) is 3.29. The van der Waals surface area contributed by atoms with Gasteiger partial charge in [-0.25, -0.2) is 0 Å². The molecule has 8 nitrogen and oxygen atoms in total. The number of likely N-dealkylation sites (N-methyl/N-ethyl adjacent to an activating group) is 1. The number of carbonyl (C=O) groups is 2. The van der Waals surface area contributed by atoms with E-state index in [1.54, 1.807) is 24.1 Å². The number of aromatic hydroxyl groups is 1. The number of rotatable bonds is 7. The summed E-state index contributed by atoms with van der Waals surface area (Å²) >= 11 is 0. The van der Waals surface area contributed by atoms with Gasteiger partial charge in [0.25, 0.3) is 0 Å². The number of esters is 1. The number of amides is 1. The normalized spacial score (nSPS) is 29.0. The largest absolute Gasteiger partial charge is 0.573 e. The van der Waals surface area contributed by atoms with E-state index >= 15 is 0 Å². The van der Waals surface area contributed by atoms with Crippen molar-refractivity contribution < 1.29 is 42.1 Å². The summed E-state index contributed by atoms with van der Waals surface area (Å²) in [6.45, 7) is 6.65. The molecule has 2 fully saturated rings. The summed E-state index contributed by atoms with van der Waals surface area (Å²) in [5.74, 6) is -0.780. The second kappa shape index (κ2) is 10.3. The van der Waals surface area contributed by atoms with Crippen LogP contribution in [0.1, 0.15) is 42.9 Å². The quantitative estimate of drug-likeness (QED) is 0.280. The number of piperidine rings is 1. The number of nitrogens with zero attached hydrogens (tertiary/aromatic N) is 2. The van der Waals surface area contributed by atoms with Gasteiger partial charge in [-0.1, -0.05) is 24.3 Å². The Morgan fingerprint density at radius 2 is 2.05 bits per heavy atom. The minimum absolute atomic E-state index is 0.000181. The van der Waals surface area contributed by atoms with E-state index in [0.29, 0.717) is 50.1 Å². The highest BCUT2D eigenvalue weighted by molar-refractivity contribution is 5.92. The first-order valence-corrected chi connectivity index (χ1v) is 14.3. The summed E-state index contributed by atoms with van der Waals surface area (Å²) < 4.78 is 55.0. The highest BCUT2D eigenvalue weighted by Crippen LogP contribution is 2.67. The van der Waals surface area contributed by atoms with Crippen LogP contribution in [0, 0.1) is 0 Å². The Kier molecular flexibility index (Phi) is 6.99. The van der Waals surface area contributed by atoms with Gasteiger partial charge in [0.2, 0.25) is 5.91 Å². The van der Waals surface area contributed by atoms with Crippen LogP contribution in [0.2, 0.25) is 0 Å². The minimum atomic E-state index is -4.83. The lowest BCUT2D eigenvalue weighted by Crippen LogP contribution is -2.79. The van der Waals surface area contributed by atoms with Gasteiger partial charge < -0.3 is 24.2 Å². The van der Waals surface area contributed by atoms with Crippen LogP contribution >= 0.6 is 0 Å². The van der Waals surface area contributed by atoms with E-state index in [1.807, 2.05) is 12.1 Å². The summed E-state index contributed by atoms with van der Waals surface area (Å²) in [6, 6.07) is 8.31. The Hall–Kier alpha value is -3.99. The fourth-order valence-electron chi connectivity index (χ4n) is 8.08. The highest BCUT2D eigenvalue weighted by Gasteiger charge is 2.75. The number of phenols is 1. The number of phenolic OH excluding ortho intramolecular Hbond substituents is 1. The first-order chi connectivity index (χ1) is 20.4. The Labute approximate surface area is 247 Å². The summed E-state index contributed by atoms with van der Waals surface area (Å²) in [5.41, 5.74) is 0.505. The molecule has 2 aromatic carbocycles. The van der Waals surface area contributed by atoms with Crippen LogP contribution in [-0.4, -0.2) is 77.1 Å². The molecular formula is C32H33F3N2O6. The summed E-state index contributed by atoms with van der Waals surface area (Å²) in [5, 5.41) is 10.9. The zero-order valence-corrected chi connectivity index (χ0v) is 23.9. The molecule has 4 aliphatic rings. The van der Waals surface area contributed by atoms with Crippen LogP contribution in [0.4, 0.5) is 13.2 Å². The Morgan fingerprint density at radius 3 is 2.77 bits per heavy atom. The molecule has 2 bridgehead atoms. The van der Waals surface area contributed by atoms with Gasteiger partial charge in [-0.05, 0) is 61.1 Å². The fraction of sp³-hybridized carbons (Fsp3) is 0.438. The van der Waals surface area contributed by atoms with Gasteiger partial charge in [-0.3, -0.25) is 14.5 Å². The monoisotopic (exact) mass is 598 g/mol. The lowest BCUT2D eigenvalue weighted by Gasteiger charge is -2.65. The van der Waals surface area contributed by atoms with Crippen LogP contribution in [0.5, 0.6) is 17.2 Å². The average molecular weight is 599 g/mol. The molecule has 5 atom stereocenters. The SMILES string of the molecule is C=CCN1CC[C@]23c4c5ccc(O)c4O[C@H]2[C@H](N(C)C(=O)C=Cc2cccc(OC(F)(F)F)c2)CC[C@@]3(OC(C)=O)[C@H]1C5. The Morgan fingerprint density at radius 1 is 1.26 bits per heavy atom. The van der Waals surface area contributed by atoms with Gasteiger partial charge in [0.15, 0.2) is 11.5 Å². The smallest absolute Gasteiger partial charge is 0.504 e. The third-order valence-corrected chi connectivity index (χ3v) is 9.55. The maximum Gasteiger partial charge on any atom is 0.573 e. The Balaban J connectivity index is 1.36. The van der Waals surface area contributed by atoms with Gasteiger partial charge in [-0.2, -0.15) is 0 Å². The molecule has 1 spiro atoms. The van der Waals surface area contributed by atoms with Crippen LogP contribution in [-0.2, 0) is 26.2 Å². The van der Waals surface area contributed by atoms with Crippen LogP contribution < -0.4 is 9.47 Å². The zero-order chi connectivity index (χ0) is 30.7. The maximum atomic E-state index is 13.5. The lowest BCUT2D eigenvalue weighted by atomic mass is 9.48. The summed E-state index contributed by atoms with van der Waals surface area (Å²) in [7, 11) is 1.66. The first-order valence-electron chi connectivity index (χ1n) is 14.3. The molecule has 43 heavy (non-hydrogen) atoms. The van der Waals surface area contributed by atoms with Gasteiger partial charge in [-0.15, -0.1) is 19.8 Å². The predicted octanol–water partition coefficient (Wildman–Crippen LogP) is 4.74. The van der Waals surface area contributed by atoms with E-state index in [2.05, 4.69) is 16.2 Å². The number of ether oxygens (including phenoxy) is 3. The zero-order valence-electron chi connectivity index (χ0n) is 23.9. The third kappa shape index (κ3) is 4.56. The number of alkyl halides is 3. The number of hydrogen-bond acceptors (Lipinski definition) is 7. The number of halogens is 3. The van der Waals surface area contributed by atoms with Gasteiger partial charge in [0, 0.05) is 38.7 Å². The van der Waals surface area contributed by atoms with Crippen molar-refractivity contribution in [3.63, 3.8) is 0 Å². The molecule has 0 radical (unpaired) electrons. The van der Waals surface area contributed by atoms with Crippen molar-refractivity contribution in [2.24, 2.45) is 0 Å². The van der Waals surface area contributed by atoms with Crippen molar-refractivity contribution in [1.29, 1.82) is 0 Å². The molecular weight excluding hydrogens is 565 g/mol. The number of hydrogen-bond donors (Lipinski definition) is 1. The predicted molar refractivity (Wildman–Crippen MR) is 151 cm³/mol. The van der Waals surface area contributed by atoms with Crippen molar-refractivity contribution >= 4 is 18.0 Å². The summed E-state index contributed by atoms with van der Waals surface area (Å²) in [6.07, 6.45) is 1.28. The van der Waals surface area contributed by atoms with Crippen molar-refractivity contribution in [2.45, 2.75) is 68.2 Å². The van der Waals surface area contributed by atoms with E-state index in [0.717, 1.165) is 11.1 Å². The number of carbonyl (C=O) groups excluding carboxylic acids is 2. The third-order valence-electron chi connectivity index (χ3n) is 9.55. The van der Waals surface area contributed by atoms with Crippen LogP contribution in [0.3, 0.4) is 0 Å². The molecule has 1 amide bonds. The van der Waals surface area contributed by atoms with E-state index in [1.165, 1.54) is 37.3 Å². The molecule has 11 heteroatoms. The highest BCUT2D eigenvalue weighted by atomic mass is 19.4. The first kappa shape index (κ1) is 29.1. The van der Waals surface area contributed by atoms with Crippen molar-refractivity contribution in [3.05, 3.63) is 71.8 Å². The molecule has 2 aromatic rings. The molecule has 0 aromatic heterocycles. The molecule has 2 heterocycles. The topological polar surface area (TPSA) is 88.5 Å². The van der Waals surface area contributed by atoms with Gasteiger partial charge >= 0.3 is 12.3 Å². The number of benzene rings is 2. The standard InChI is InChI=1S/C32H33F3N2O6/c1-4-15-37-16-14-30-27-21-9-10-24(39)28(27)41-29(30)23(12-13-31(30,25(37)18-21)42-19(2)38)36(3)26(40)11-8-20-6-5-7-22(17-20)43-32(33,34)35/h4-11,17,23,25,29,39H,1,12-16,18H2,2-3H3/t23-,25-,29+,30+,31-/m1/s1. The van der Waals surface area contributed by atoms with E-state index in [-0.39, 0.29) is 23.4 Å². The number of likely N-dealkylation sites (tertiary alicyclic amines) is 1. The second-order valence-electron chi connectivity index (χ2n) is 11.7. The minimum Gasteiger partial charge on any atom is -0.504 e. The lowest BCUT2D eigenvalue weighted by molar-refractivity contribution is -0.274. The molecule has 1 saturated carbocycles. The van der Waals surface area contributed by atoms with E-state index in [4.69, 9.17) is 9.47 Å². The molecule has 228 valence electrons. The molecule has 2 aliphatic heterocycles. The summed E-state index contributed by atoms with van der Waals surface area (Å²) in [4.78, 5) is 30.1. The van der Waals surface area contributed by atoms with Crippen molar-refractivity contribution in [2.75, 3.05) is 20.1 Å².